The lowest BCUT2D eigenvalue weighted by atomic mass is 10.1. The predicted octanol–water partition coefficient (Wildman–Crippen LogP) is 3.63. The van der Waals surface area contributed by atoms with E-state index in [1.54, 1.807) is 30.9 Å². The molecule has 0 aromatic carbocycles. The zero-order chi connectivity index (χ0) is 22.5. The molecule has 9 heteroatoms. The van der Waals surface area contributed by atoms with Gasteiger partial charge in [-0.1, -0.05) is 12.1 Å². The lowest BCUT2D eigenvalue weighted by Crippen LogP contribution is -2.05. The van der Waals surface area contributed by atoms with E-state index in [1.165, 1.54) is 0 Å². The third kappa shape index (κ3) is 4.58. The molecule has 8 nitrogen and oxygen atoms in total. The fourth-order valence-electron chi connectivity index (χ4n) is 3.25. The second-order valence-electron chi connectivity index (χ2n) is 6.94. The summed E-state index contributed by atoms with van der Waals surface area (Å²) in [4.78, 5) is 26.4. The Labute approximate surface area is 190 Å². The van der Waals surface area contributed by atoms with Crippen LogP contribution in [0.4, 0.5) is 0 Å². The predicted molar refractivity (Wildman–Crippen MR) is 124 cm³/mol. The highest BCUT2D eigenvalue weighted by Gasteiger charge is 2.12. The SMILES string of the molecule is O[B]Oc1nc(-c2ccc(-c3ccccn3)nc2)cc(-c2ccc(-c3ccccn3)cn2)n1. The van der Waals surface area contributed by atoms with E-state index in [2.05, 4.69) is 29.9 Å². The number of aromatic nitrogens is 6. The van der Waals surface area contributed by atoms with Crippen molar-refractivity contribution in [3.05, 3.63) is 91.5 Å². The second-order valence-corrected chi connectivity index (χ2v) is 6.94. The minimum atomic E-state index is -0.00518. The number of rotatable bonds is 6. The van der Waals surface area contributed by atoms with Crippen molar-refractivity contribution in [3.8, 4) is 51.3 Å². The van der Waals surface area contributed by atoms with Gasteiger partial charge in [-0.15, -0.1) is 0 Å². The van der Waals surface area contributed by atoms with Crippen LogP contribution in [-0.2, 0) is 0 Å². The summed E-state index contributed by atoms with van der Waals surface area (Å²) in [6.45, 7) is 0. The molecule has 1 radical (unpaired) electrons. The molecule has 0 spiro atoms. The fraction of sp³-hybridized carbons (Fsp3) is 0. The van der Waals surface area contributed by atoms with E-state index in [0.29, 0.717) is 24.8 Å². The molecule has 1 N–H and O–H groups in total. The van der Waals surface area contributed by atoms with Gasteiger partial charge in [0.15, 0.2) is 0 Å². The number of nitrogens with zero attached hydrogens (tertiary/aromatic N) is 6. The molecule has 157 valence electrons. The van der Waals surface area contributed by atoms with Gasteiger partial charge in [0.25, 0.3) is 0 Å². The maximum absolute atomic E-state index is 9.10. The van der Waals surface area contributed by atoms with Crippen molar-refractivity contribution in [3.63, 3.8) is 0 Å². The van der Waals surface area contributed by atoms with Gasteiger partial charge in [-0.25, -0.2) is 0 Å². The van der Waals surface area contributed by atoms with Crippen LogP contribution in [-0.4, -0.2) is 42.6 Å². The fourth-order valence-corrected chi connectivity index (χ4v) is 3.25. The summed E-state index contributed by atoms with van der Waals surface area (Å²) < 4.78 is 5.06. The molecule has 5 heterocycles. The Balaban J connectivity index is 1.49. The van der Waals surface area contributed by atoms with Gasteiger partial charge >= 0.3 is 13.7 Å². The van der Waals surface area contributed by atoms with E-state index >= 15 is 0 Å². The molecule has 33 heavy (non-hydrogen) atoms. The van der Waals surface area contributed by atoms with Gasteiger partial charge in [0, 0.05) is 35.9 Å². The number of hydrogen-bond donors (Lipinski definition) is 1. The molecule has 0 atom stereocenters. The maximum Gasteiger partial charge on any atom is 0.571 e. The van der Waals surface area contributed by atoms with Gasteiger partial charge < -0.3 is 9.68 Å². The van der Waals surface area contributed by atoms with Crippen LogP contribution in [0.25, 0.3) is 45.3 Å². The van der Waals surface area contributed by atoms with Crippen LogP contribution in [0.15, 0.2) is 91.5 Å². The first kappa shape index (κ1) is 20.4. The van der Waals surface area contributed by atoms with E-state index in [9.17, 15) is 0 Å². The van der Waals surface area contributed by atoms with E-state index < -0.39 is 0 Å². The Hall–Kier alpha value is -4.50. The van der Waals surface area contributed by atoms with Crippen LogP contribution in [0.5, 0.6) is 6.01 Å². The topological polar surface area (TPSA) is 107 Å². The zero-order valence-electron chi connectivity index (χ0n) is 17.3. The van der Waals surface area contributed by atoms with Crippen molar-refractivity contribution in [2.45, 2.75) is 0 Å². The lowest BCUT2D eigenvalue weighted by molar-refractivity contribution is 0.431. The smallest absolute Gasteiger partial charge is 0.509 e. The minimum Gasteiger partial charge on any atom is -0.509 e. The number of pyridine rings is 4. The van der Waals surface area contributed by atoms with E-state index in [4.69, 9.17) is 9.68 Å². The van der Waals surface area contributed by atoms with Crippen LogP contribution in [0, 0.1) is 0 Å². The Morgan fingerprint density at radius 1 is 0.576 bits per heavy atom. The van der Waals surface area contributed by atoms with Crippen molar-refractivity contribution in [2.24, 2.45) is 0 Å². The molecule has 0 aliphatic rings. The minimum absolute atomic E-state index is 0.00518. The average molecular weight is 431 g/mol. The van der Waals surface area contributed by atoms with Gasteiger partial charge in [-0.2, -0.15) is 9.97 Å². The summed E-state index contributed by atoms with van der Waals surface area (Å²) in [6, 6.07) is 20.7. The zero-order valence-corrected chi connectivity index (χ0v) is 17.3. The van der Waals surface area contributed by atoms with Gasteiger partial charge in [-0.05, 0) is 54.6 Å². The highest BCUT2D eigenvalue weighted by molar-refractivity contribution is 6.17. The van der Waals surface area contributed by atoms with Crippen molar-refractivity contribution < 1.29 is 9.68 Å². The van der Waals surface area contributed by atoms with E-state index in [-0.39, 0.29) is 6.01 Å². The largest absolute Gasteiger partial charge is 0.571 e. The highest BCUT2D eigenvalue weighted by Crippen LogP contribution is 2.27. The quantitative estimate of drug-likeness (QED) is 0.406. The maximum atomic E-state index is 9.10. The summed E-state index contributed by atoms with van der Waals surface area (Å²) in [7, 11) is 0.545. The molecule has 0 unspecified atom stereocenters. The van der Waals surface area contributed by atoms with Crippen LogP contribution >= 0.6 is 0 Å². The standard InChI is InChI=1S/C24H16BN6O2/c32-25-33-24-30-22(17-8-9-20(28-15-17)19-6-2-4-12-27-19)13-23(31-24)21-10-7-16(14-29-21)18-5-1-3-11-26-18/h1-15,32H. The van der Waals surface area contributed by atoms with Gasteiger partial charge in [-0.3, -0.25) is 19.9 Å². The Morgan fingerprint density at radius 3 is 1.73 bits per heavy atom. The van der Waals surface area contributed by atoms with Crippen molar-refractivity contribution in [2.75, 3.05) is 0 Å². The summed E-state index contributed by atoms with van der Waals surface area (Å²) in [5.74, 6) is 0. The molecule has 5 aromatic heterocycles. The molecule has 0 aliphatic carbocycles. The van der Waals surface area contributed by atoms with Crippen LogP contribution < -0.4 is 4.65 Å². The molecule has 0 amide bonds. The summed E-state index contributed by atoms with van der Waals surface area (Å²) in [6.07, 6.45) is 6.91. The van der Waals surface area contributed by atoms with E-state index in [1.807, 2.05) is 60.7 Å². The molecule has 0 aliphatic heterocycles. The van der Waals surface area contributed by atoms with Crippen LogP contribution in [0.1, 0.15) is 0 Å². The van der Waals surface area contributed by atoms with Gasteiger partial charge in [0.05, 0.1) is 34.2 Å². The summed E-state index contributed by atoms with van der Waals surface area (Å²) in [5, 5.41) is 9.10. The lowest BCUT2D eigenvalue weighted by Gasteiger charge is -2.09. The molecule has 0 saturated heterocycles. The van der Waals surface area contributed by atoms with Crippen LogP contribution in [0.2, 0.25) is 0 Å². The van der Waals surface area contributed by atoms with E-state index in [0.717, 1.165) is 28.2 Å². The van der Waals surface area contributed by atoms with Gasteiger partial charge in [0.2, 0.25) is 0 Å². The molecular weight excluding hydrogens is 415 g/mol. The second kappa shape index (κ2) is 9.33. The molecule has 5 rings (SSSR count). The Kier molecular flexibility index (Phi) is 5.77. The molecule has 0 bridgehead atoms. The number of hydrogen-bond acceptors (Lipinski definition) is 8. The molecule has 0 fully saturated rings. The first-order valence-electron chi connectivity index (χ1n) is 10.1. The third-order valence-corrected chi connectivity index (χ3v) is 4.84. The first-order chi connectivity index (χ1) is 16.3. The molecule has 5 aromatic rings. The monoisotopic (exact) mass is 431 g/mol. The van der Waals surface area contributed by atoms with Gasteiger partial charge in [0.1, 0.15) is 0 Å². The molecular formula is C24H16BN6O2. The highest BCUT2D eigenvalue weighted by atomic mass is 16.5. The normalized spacial score (nSPS) is 10.6. The Morgan fingerprint density at radius 2 is 1.15 bits per heavy atom. The first-order valence-corrected chi connectivity index (χ1v) is 10.1. The molecule has 0 saturated carbocycles. The summed E-state index contributed by atoms with van der Waals surface area (Å²) >= 11 is 0. The van der Waals surface area contributed by atoms with Crippen molar-refractivity contribution in [1.82, 2.24) is 29.9 Å². The third-order valence-electron chi connectivity index (χ3n) is 4.84. The average Bonchev–Trinajstić information content (AvgIpc) is 2.90. The van der Waals surface area contributed by atoms with Crippen molar-refractivity contribution >= 4 is 7.69 Å². The van der Waals surface area contributed by atoms with Crippen LogP contribution in [0.3, 0.4) is 0 Å². The summed E-state index contributed by atoms with van der Waals surface area (Å²) in [5.41, 5.74) is 5.75. The van der Waals surface area contributed by atoms with Crippen molar-refractivity contribution in [1.29, 1.82) is 0 Å². The Bertz CT molecular complexity index is 1250.